The van der Waals surface area contributed by atoms with E-state index in [2.05, 4.69) is 5.32 Å². The van der Waals surface area contributed by atoms with Crippen molar-refractivity contribution < 1.29 is 13.5 Å². The highest BCUT2D eigenvalue weighted by atomic mass is 35.5. The molecule has 0 unspecified atom stereocenters. The maximum Gasteiger partial charge on any atom is 0.244 e. The Labute approximate surface area is 118 Å². The van der Waals surface area contributed by atoms with Gasteiger partial charge in [0.2, 0.25) is 10.0 Å². The van der Waals surface area contributed by atoms with Crippen LogP contribution in [0.1, 0.15) is 5.56 Å². The van der Waals surface area contributed by atoms with Gasteiger partial charge < -0.3 is 10.4 Å². The van der Waals surface area contributed by atoms with Crippen LogP contribution in [0.4, 0.5) is 0 Å². The molecule has 0 spiro atoms. The summed E-state index contributed by atoms with van der Waals surface area (Å²) in [5, 5.41) is 12.9. The van der Waals surface area contributed by atoms with Crippen molar-refractivity contribution in [3.63, 3.8) is 0 Å². The number of hydrogen-bond donors (Lipinski definition) is 2. The fourth-order valence-corrected chi connectivity index (χ4v) is 4.13. The Morgan fingerprint density at radius 3 is 2.63 bits per heavy atom. The van der Waals surface area contributed by atoms with Crippen LogP contribution in [-0.4, -0.2) is 50.1 Å². The van der Waals surface area contributed by atoms with Crippen LogP contribution in [0.5, 0.6) is 0 Å². The molecule has 1 heterocycles. The molecule has 19 heavy (non-hydrogen) atoms. The lowest BCUT2D eigenvalue weighted by molar-refractivity contribution is 0.136. The van der Waals surface area contributed by atoms with Gasteiger partial charge in [0.15, 0.2) is 0 Å². The van der Waals surface area contributed by atoms with E-state index in [1.54, 1.807) is 12.1 Å². The first kappa shape index (κ1) is 14.7. The van der Waals surface area contributed by atoms with Crippen molar-refractivity contribution in [2.75, 3.05) is 20.1 Å². The van der Waals surface area contributed by atoms with Crippen LogP contribution < -0.4 is 5.32 Å². The first-order chi connectivity index (χ1) is 8.84. The molecule has 0 radical (unpaired) electrons. The highest BCUT2D eigenvalue weighted by molar-refractivity contribution is 7.89. The molecule has 2 atom stereocenters. The third-order valence-electron chi connectivity index (χ3n) is 3.36. The van der Waals surface area contributed by atoms with Crippen molar-refractivity contribution in [2.45, 2.75) is 24.0 Å². The molecule has 2 rings (SSSR count). The fraction of sp³-hybridized carbons (Fsp3) is 0.500. The second kappa shape index (κ2) is 5.38. The average Bonchev–Trinajstić information content (AvgIpc) is 2.73. The number of β-amino-alcohol motifs (C(OH)–C–C–N with tert-alkyl or cyclic N) is 1. The van der Waals surface area contributed by atoms with E-state index in [1.807, 2.05) is 6.92 Å². The molecular formula is C12H17ClN2O3S. The molecule has 1 saturated heterocycles. The summed E-state index contributed by atoms with van der Waals surface area (Å²) in [4.78, 5) is 0.0707. The normalized spacial score (nSPS) is 24.1. The molecule has 106 valence electrons. The molecule has 1 aromatic carbocycles. The van der Waals surface area contributed by atoms with Gasteiger partial charge in [0.05, 0.1) is 17.2 Å². The molecule has 1 aliphatic heterocycles. The van der Waals surface area contributed by atoms with Crippen molar-refractivity contribution >= 4 is 21.6 Å². The molecule has 0 bridgehead atoms. The second-order valence-electron chi connectivity index (χ2n) is 4.75. The number of likely N-dealkylation sites (N-methyl/N-ethyl adjacent to an activating group) is 1. The van der Waals surface area contributed by atoms with Gasteiger partial charge >= 0.3 is 0 Å². The number of aryl methyl sites for hydroxylation is 1. The SMILES string of the molecule is Cc1ccc(S(=O)(=O)N(C)[C@@H]2CNC[C@H]2O)c(Cl)c1. The van der Waals surface area contributed by atoms with Crippen molar-refractivity contribution in [3.8, 4) is 0 Å². The summed E-state index contributed by atoms with van der Waals surface area (Å²) in [6, 6.07) is 4.35. The zero-order valence-corrected chi connectivity index (χ0v) is 12.4. The molecule has 7 heteroatoms. The third-order valence-corrected chi connectivity index (χ3v) is 5.73. The minimum Gasteiger partial charge on any atom is -0.390 e. The molecule has 0 aromatic heterocycles. The summed E-state index contributed by atoms with van der Waals surface area (Å²) in [7, 11) is -2.24. The second-order valence-corrected chi connectivity index (χ2v) is 7.12. The van der Waals surface area contributed by atoms with Crippen LogP contribution >= 0.6 is 11.6 Å². The van der Waals surface area contributed by atoms with Gasteiger partial charge in [-0.2, -0.15) is 4.31 Å². The number of rotatable bonds is 3. The maximum atomic E-state index is 12.5. The number of hydrogen-bond acceptors (Lipinski definition) is 4. The summed E-state index contributed by atoms with van der Waals surface area (Å²) in [5.74, 6) is 0. The summed E-state index contributed by atoms with van der Waals surface area (Å²) >= 11 is 6.02. The molecule has 0 aliphatic carbocycles. The number of aliphatic hydroxyl groups is 1. The van der Waals surface area contributed by atoms with Crippen LogP contribution in [0.15, 0.2) is 23.1 Å². The number of benzene rings is 1. The Kier molecular flexibility index (Phi) is 4.17. The maximum absolute atomic E-state index is 12.5. The zero-order valence-electron chi connectivity index (χ0n) is 10.8. The number of sulfonamides is 1. The standard InChI is InChI=1S/C12H17ClN2O3S/c1-8-3-4-12(9(13)5-8)19(17,18)15(2)10-6-14-7-11(10)16/h3-5,10-11,14,16H,6-7H2,1-2H3/t10-,11-/m1/s1. The van der Waals surface area contributed by atoms with E-state index in [9.17, 15) is 13.5 Å². The van der Waals surface area contributed by atoms with Gasteiger partial charge in [0.1, 0.15) is 4.90 Å². The van der Waals surface area contributed by atoms with E-state index in [0.717, 1.165) is 5.56 Å². The molecule has 2 N–H and O–H groups in total. The lowest BCUT2D eigenvalue weighted by atomic mass is 10.2. The first-order valence-corrected chi connectivity index (χ1v) is 7.79. The Hall–Kier alpha value is -0.660. The van der Waals surface area contributed by atoms with Gasteiger partial charge in [0.25, 0.3) is 0 Å². The van der Waals surface area contributed by atoms with E-state index < -0.39 is 22.2 Å². The summed E-state index contributed by atoms with van der Waals surface area (Å²) < 4.78 is 26.2. The predicted molar refractivity (Wildman–Crippen MR) is 73.8 cm³/mol. The van der Waals surface area contributed by atoms with Crippen molar-refractivity contribution in [3.05, 3.63) is 28.8 Å². The average molecular weight is 305 g/mol. The van der Waals surface area contributed by atoms with Crippen molar-refractivity contribution in [2.24, 2.45) is 0 Å². The zero-order chi connectivity index (χ0) is 14.2. The van der Waals surface area contributed by atoms with Crippen LogP contribution in [0.2, 0.25) is 5.02 Å². The smallest absolute Gasteiger partial charge is 0.244 e. The van der Waals surface area contributed by atoms with E-state index in [0.29, 0.717) is 13.1 Å². The largest absolute Gasteiger partial charge is 0.390 e. The summed E-state index contributed by atoms with van der Waals surface area (Å²) in [5.41, 5.74) is 0.897. The van der Waals surface area contributed by atoms with Gasteiger partial charge in [-0.3, -0.25) is 0 Å². The van der Waals surface area contributed by atoms with Crippen molar-refractivity contribution in [1.29, 1.82) is 0 Å². The Balaban J connectivity index is 2.36. The Morgan fingerprint density at radius 2 is 2.11 bits per heavy atom. The van der Waals surface area contributed by atoms with Crippen molar-refractivity contribution in [1.82, 2.24) is 9.62 Å². The highest BCUT2D eigenvalue weighted by Crippen LogP contribution is 2.27. The van der Waals surface area contributed by atoms with E-state index in [1.165, 1.54) is 17.4 Å². The number of nitrogens with zero attached hydrogens (tertiary/aromatic N) is 1. The van der Waals surface area contributed by atoms with Gasteiger partial charge in [-0.1, -0.05) is 17.7 Å². The Bertz CT molecular complexity index is 576. The number of aliphatic hydroxyl groups excluding tert-OH is 1. The van der Waals surface area contributed by atoms with Crippen LogP contribution in [0, 0.1) is 6.92 Å². The molecule has 1 fully saturated rings. The van der Waals surface area contributed by atoms with Crippen LogP contribution in [-0.2, 0) is 10.0 Å². The first-order valence-electron chi connectivity index (χ1n) is 5.97. The Morgan fingerprint density at radius 1 is 1.42 bits per heavy atom. The molecule has 5 nitrogen and oxygen atoms in total. The molecule has 1 aromatic rings. The summed E-state index contributed by atoms with van der Waals surface area (Å²) in [6.45, 7) is 2.67. The predicted octanol–water partition coefficient (Wildman–Crippen LogP) is 0.602. The molecular weight excluding hydrogens is 288 g/mol. The summed E-state index contributed by atoms with van der Waals surface area (Å²) in [6.07, 6.45) is -0.705. The minimum atomic E-state index is -3.70. The van der Waals surface area contributed by atoms with E-state index in [4.69, 9.17) is 11.6 Å². The fourth-order valence-electron chi connectivity index (χ4n) is 2.17. The minimum absolute atomic E-state index is 0.0707. The quantitative estimate of drug-likeness (QED) is 0.858. The third kappa shape index (κ3) is 2.78. The van der Waals surface area contributed by atoms with E-state index in [-0.39, 0.29) is 9.92 Å². The molecule has 0 saturated carbocycles. The number of nitrogens with one attached hydrogen (secondary N) is 1. The van der Waals surface area contributed by atoms with Gasteiger partial charge in [-0.15, -0.1) is 0 Å². The lowest BCUT2D eigenvalue weighted by Gasteiger charge is -2.26. The van der Waals surface area contributed by atoms with Gasteiger partial charge in [0, 0.05) is 20.1 Å². The van der Waals surface area contributed by atoms with Gasteiger partial charge in [-0.25, -0.2) is 8.42 Å². The van der Waals surface area contributed by atoms with E-state index >= 15 is 0 Å². The molecule has 1 aliphatic rings. The molecule has 0 amide bonds. The van der Waals surface area contributed by atoms with Crippen LogP contribution in [0.25, 0.3) is 0 Å². The van der Waals surface area contributed by atoms with Gasteiger partial charge in [-0.05, 0) is 24.6 Å². The highest BCUT2D eigenvalue weighted by Gasteiger charge is 2.36. The van der Waals surface area contributed by atoms with Crippen LogP contribution in [0.3, 0.4) is 0 Å². The lowest BCUT2D eigenvalue weighted by Crippen LogP contribution is -2.44. The monoisotopic (exact) mass is 304 g/mol. The topological polar surface area (TPSA) is 69.6 Å². The number of halogens is 1.